The lowest BCUT2D eigenvalue weighted by atomic mass is 10.0. The summed E-state index contributed by atoms with van der Waals surface area (Å²) >= 11 is 1.40. The van der Waals surface area contributed by atoms with Crippen molar-refractivity contribution in [3.63, 3.8) is 0 Å². The molecular formula is C16H21N5O2S. The van der Waals surface area contributed by atoms with Gasteiger partial charge in [0, 0.05) is 24.8 Å². The number of rotatable bonds is 4. The molecule has 2 amide bonds. The fraction of sp³-hybridized carbons (Fsp3) is 0.438. The molecule has 8 heteroatoms. The molecule has 0 radical (unpaired) electrons. The monoisotopic (exact) mass is 347 g/mol. The second kappa shape index (κ2) is 7.48. The molecule has 1 aliphatic rings. The van der Waals surface area contributed by atoms with Gasteiger partial charge < -0.3 is 15.0 Å². The summed E-state index contributed by atoms with van der Waals surface area (Å²) in [6, 6.07) is 6.83. The second-order valence-corrected chi connectivity index (χ2v) is 6.85. The maximum Gasteiger partial charge on any atom is 0.325 e. The summed E-state index contributed by atoms with van der Waals surface area (Å²) in [5.41, 5.74) is 0.654. The molecule has 2 heterocycles. The van der Waals surface area contributed by atoms with Crippen molar-refractivity contribution in [1.82, 2.24) is 10.2 Å². The Labute approximate surface area is 145 Å². The average Bonchev–Trinajstić information content (AvgIpc) is 3.03. The number of benzene rings is 1. The molecule has 0 aliphatic carbocycles. The number of aromatic nitrogens is 2. The van der Waals surface area contributed by atoms with E-state index in [1.165, 1.54) is 24.2 Å². The van der Waals surface area contributed by atoms with E-state index in [0.29, 0.717) is 22.5 Å². The molecular weight excluding hydrogens is 326 g/mol. The normalized spacial score (nSPS) is 17.4. The number of hydrogen-bond donors (Lipinski definition) is 2. The highest BCUT2D eigenvalue weighted by Gasteiger charge is 2.20. The zero-order valence-electron chi connectivity index (χ0n) is 13.8. The standard InChI is InChI=1S/C16H21N5O2S/c1-11-5-4-8-21(10-11)16-20-19-15(24-16)18-14(22)17-12-6-3-7-13(9-12)23-2/h3,6-7,9,11H,4-5,8,10H2,1-2H3,(H2,17,18,19,22)/t11-/m1/s1. The molecule has 0 bridgehead atoms. The van der Waals surface area contributed by atoms with Crippen LogP contribution in [0.15, 0.2) is 24.3 Å². The van der Waals surface area contributed by atoms with Gasteiger partial charge in [0.15, 0.2) is 0 Å². The van der Waals surface area contributed by atoms with Crippen molar-refractivity contribution in [2.45, 2.75) is 19.8 Å². The number of nitrogens with one attached hydrogen (secondary N) is 2. The SMILES string of the molecule is COc1cccc(NC(=O)Nc2nnc(N3CCC[C@@H](C)C3)s2)c1. The zero-order chi connectivity index (χ0) is 16.9. The highest BCUT2D eigenvalue weighted by Crippen LogP contribution is 2.28. The third-order valence-electron chi connectivity index (χ3n) is 3.89. The van der Waals surface area contributed by atoms with Gasteiger partial charge in [-0.1, -0.05) is 24.3 Å². The molecule has 3 rings (SSSR count). The number of urea groups is 1. The maximum atomic E-state index is 12.1. The minimum absolute atomic E-state index is 0.349. The predicted octanol–water partition coefficient (Wildman–Crippen LogP) is 3.43. The Bertz CT molecular complexity index is 705. The Balaban J connectivity index is 1.58. The topological polar surface area (TPSA) is 79.4 Å². The van der Waals surface area contributed by atoms with E-state index in [2.05, 4.69) is 32.7 Å². The molecule has 0 unspecified atom stereocenters. The molecule has 1 aromatic heterocycles. The summed E-state index contributed by atoms with van der Waals surface area (Å²) < 4.78 is 5.14. The van der Waals surface area contributed by atoms with Gasteiger partial charge in [0.1, 0.15) is 5.75 Å². The van der Waals surface area contributed by atoms with Crippen LogP contribution in [0.5, 0.6) is 5.75 Å². The summed E-state index contributed by atoms with van der Waals surface area (Å²) in [4.78, 5) is 14.3. The number of amides is 2. The van der Waals surface area contributed by atoms with Gasteiger partial charge in [0.05, 0.1) is 7.11 Å². The van der Waals surface area contributed by atoms with E-state index in [0.717, 1.165) is 18.2 Å². The summed E-state index contributed by atoms with van der Waals surface area (Å²) in [6.07, 6.45) is 2.42. The molecule has 1 aromatic carbocycles. The number of carbonyl (C=O) groups excluding carboxylic acids is 1. The molecule has 24 heavy (non-hydrogen) atoms. The number of hydrogen-bond acceptors (Lipinski definition) is 6. The van der Waals surface area contributed by atoms with Gasteiger partial charge in [0.2, 0.25) is 10.3 Å². The summed E-state index contributed by atoms with van der Waals surface area (Å²) in [5, 5.41) is 15.1. The van der Waals surface area contributed by atoms with Crippen LogP contribution in [0.3, 0.4) is 0 Å². The van der Waals surface area contributed by atoms with Crippen molar-refractivity contribution in [1.29, 1.82) is 0 Å². The molecule has 2 aromatic rings. The molecule has 2 N–H and O–H groups in total. The number of carbonyl (C=O) groups is 1. The molecule has 7 nitrogen and oxygen atoms in total. The highest BCUT2D eigenvalue weighted by molar-refractivity contribution is 7.19. The Hall–Kier alpha value is -2.35. The van der Waals surface area contributed by atoms with Gasteiger partial charge in [-0.15, -0.1) is 10.2 Å². The van der Waals surface area contributed by atoms with Crippen LogP contribution in [0.25, 0.3) is 0 Å². The van der Waals surface area contributed by atoms with E-state index in [1.54, 1.807) is 19.2 Å². The van der Waals surface area contributed by atoms with E-state index in [9.17, 15) is 4.79 Å². The minimum Gasteiger partial charge on any atom is -0.497 e. The number of anilines is 3. The quantitative estimate of drug-likeness (QED) is 0.886. The first kappa shape index (κ1) is 16.5. The fourth-order valence-electron chi connectivity index (χ4n) is 2.72. The lowest BCUT2D eigenvalue weighted by Gasteiger charge is -2.29. The van der Waals surface area contributed by atoms with E-state index < -0.39 is 0 Å². The van der Waals surface area contributed by atoms with Gasteiger partial charge >= 0.3 is 6.03 Å². The summed E-state index contributed by atoms with van der Waals surface area (Å²) in [7, 11) is 1.59. The number of ether oxygens (including phenoxy) is 1. The van der Waals surface area contributed by atoms with Crippen molar-refractivity contribution in [3.8, 4) is 5.75 Å². The van der Waals surface area contributed by atoms with E-state index in [-0.39, 0.29) is 6.03 Å². The Morgan fingerprint density at radius 3 is 3.04 bits per heavy atom. The van der Waals surface area contributed by atoms with Crippen molar-refractivity contribution < 1.29 is 9.53 Å². The van der Waals surface area contributed by atoms with Gasteiger partial charge in [0.25, 0.3) is 0 Å². The molecule has 0 saturated carbocycles. The number of methoxy groups -OCH3 is 1. The van der Waals surface area contributed by atoms with Crippen LogP contribution in [0.2, 0.25) is 0 Å². The van der Waals surface area contributed by atoms with E-state index >= 15 is 0 Å². The number of nitrogens with zero attached hydrogens (tertiary/aromatic N) is 3. The number of piperidine rings is 1. The first-order valence-electron chi connectivity index (χ1n) is 7.94. The third-order valence-corrected chi connectivity index (χ3v) is 4.79. The Morgan fingerprint density at radius 2 is 2.25 bits per heavy atom. The average molecular weight is 347 g/mol. The smallest absolute Gasteiger partial charge is 0.325 e. The molecule has 1 saturated heterocycles. The first-order valence-corrected chi connectivity index (χ1v) is 8.76. The largest absolute Gasteiger partial charge is 0.497 e. The van der Waals surface area contributed by atoms with Crippen LogP contribution in [0.4, 0.5) is 20.7 Å². The predicted molar refractivity (Wildman–Crippen MR) is 96.2 cm³/mol. The molecule has 1 atom stereocenters. The van der Waals surface area contributed by atoms with Crippen molar-refractivity contribution in [3.05, 3.63) is 24.3 Å². The first-order chi connectivity index (χ1) is 11.6. The van der Waals surface area contributed by atoms with Crippen molar-refractivity contribution >= 4 is 33.3 Å². The molecule has 1 fully saturated rings. The Morgan fingerprint density at radius 1 is 1.38 bits per heavy atom. The summed E-state index contributed by atoms with van der Waals surface area (Å²) in [5.74, 6) is 1.35. The van der Waals surface area contributed by atoms with Crippen LogP contribution in [-0.2, 0) is 0 Å². The zero-order valence-corrected chi connectivity index (χ0v) is 14.6. The van der Waals surface area contributed by atoms with Crippen LogP contribution in [0.1, 0.15) is 19.8 Å². The highest BCUT2D eigenvalue weighted by atomic mass is 32.1. The minimum atomic E-state index is -0.349. The van der Waals surface area contributed by atoms with Crippen molar-refractivity contribution in [2.24, 2.45) is 5.92 Å². The van der Waals surface area contributed by atoms with Gasteiger partial charge in [-0.3, -0.25) is 5.32 Å². The van der Waals surface area contributed by atoms with Gasteiger partial charge in [-0.05, 0) is 30.9 Å². The van der Waals surface area contributed by atoms with E-state index in [4.69, 9.17) is 4.74 Å². The van der Waals surface area contributed by atoms with E-state index in [1.807, 2.05) is 12.1 Å². The fourth-order valence-corrected chi connectivity index (χ4v) is 3.49. The molecule has 1 aliphatic heterocycles. The lowest BCUT2D eigenvalue weighted by molar-refractivity contribution is 0.262. The Kier molecular flexibility index (Phi) is 5.14. The lowest BCUT2D eigenvalue weighted by Crippen LogP contribution is -2.34. The van der Waals surface area contributed by atoms with Crippen LogP contribution in [-0.4, -0.2) is 36.4 Å². The van der Waals surface area contributed by atoms with Crippen LogP contribution in [0, 0.1) is 5.92 Å². The van der Waals surface area contributed by atoms with Crippen LogP contribution >= 0.6 is 11.3 Å². The molecule has 128 valence electrons. The van der Waals surface area contributed by atoms with Crippen molar-refractivity contribution in [2.75, 3.05) is 35.7 Å². The van der Waals surface area contributed by atoms with Crippen LogP contribution < -0.4 is 20.3 Å². The maximum absolute atomic E-state index is 12.1. The van der Waals surface area contributed by atoms with Gasteiger partial charge in [-0.2, -0.15) is 0 Å². The molecule has 0 spiro atoms. The second-order valence-electron chi connectivity index (χ2n) is 5.89. The summed E-state index contributed by atoms with van der Waals surface area (Å²) in [6.45, 7) is 4.23. The third kappa shape index (κ3) is 4.14. The van der Waals surface area contributed by atoms with Gasteiger partial charge in [-0.25, -0.2) is 4.79 Å².